The van der Waals surface area contributed by atoms with Gasteiger partial charge in [-0.3, -0.25) is 10.00 Å². The van der Waals surface area contributed by atoms with Crippen LogP contribution < -0.4 is 15.4 Å². The standard InChI is InChI=1S/C18H25N5O2S/c1-22-17(8-15(21-22)16-7-14(25-2)11-26-16)20-18(24)19-9-13-10-23-5-3-12(13)4-6-23/h7-8,11-13H,3-6,9-10H2,1-2H3,(H2,19,20,24). The number of anilines is 1. The summed E-state index contributed by atoms with van der Waals surface area (Å²) in [6.45, 7) is 4.29. The van der Waals surface area contributed by atoms with Crippen LogP contribution in [0.3, 0.4) is 0 Å². The van der Waals surface area contributed by atoms with Crippen molar-refractivity contribution in [3.63, 3.8) is 0 Å². The van der Waals surface area contributed by atoms with Gasteiger partial charge in [-0.2, -0.15) is 5.10 Å². The van der Waals surface area contributed by atoms with Gasteiger partial charge in [0.15, 0.2) is 0 Å². The number of piperidine rings is 3. The second kappa shape index (κ2) is 7.28. The molecule has 2 aromatic rings. The summed E-state index contributed by atoms with van der Waals surface area (Å²) in [6, 6.07) is 3.67. The number of aryl methyl sites for hydroxylation is 1. The number of nitrogens with zero attached hydrogens (tertiary/aromatic N) is 3. The third-order valence-corrected chi connectivity index (χ3v) is 6.43. The van der Waals surface area contributed by atoms with Gasteiger partial charge < -0.3 is 15.0 Å². The van der Waals surface area contributed by atoms with Crippen LogP contribution in [0.15, 0.2) is 17.5 Å². The highest BCUT2D eigenvalue weighted by Gasteiger charge is 2.33. The zero-order chi connectivity index (χ0) is 18.1. The molecule has 2 amide bonds. The first kappa shape index (κ1) is 17.4. The molecule has 1 unspecified atom stereocenters. The van der Waals surface area contributed by atoms with Gasteiger partial charge in [-0.15, -0.1) is 11.3 Å². The largest absolute Gasteiger partial charge is 0.496 e. The Balaban J connectivity index is 1.34. The Kier molecular flexibility index (Phi) is 4.86. The van der Waals surface area contributed by atoms with Gasteiger partial charge in [-0.1, -0.05) is 0 Å². The number of carbonyl (C=O) groups excluding carboxylic acids is 1. The van der Waals surface area contributed by atoms with Gasteiger partial charge in [-0.25, -0.2) is 4.79 Å². The van der Waals surface area contributed by atoms with Gasteiger partial charge >= 0.3 is 6.03 Å². The molecule has 26 heavy (non-hydrogen) atoms. The normalized spacial score (nSPS) is 24.5. The molecule has 3 aliphatic heterocycles. The first-order chi connectivity index (χ1) is 12.6. The van der Waals surface area contributed by atoms with E-state index in [1.54, 1.807) is 23.1 Å². The van der Waals surface area contributed by atoms with Crippen LogP contribution >= 0.6 is 11.3 Å². The van der Waals surface area contributed by atoms with E-state index in [0.29, 0.717) is 11.7 Å². The van der Waals surface area contributed by atoms with Crippen molar-refractivity contribution >= 4 is 23.2 Å². The number of carbonyl (C=O) groups is 1. The topological polar surface area (TPSA) is 71.4 Å². The van der Waals surface area contributed by atoms with Gasteiger partial charge in [0, 0.05) is 37.6 Å². The number of urea groups is 1. The minimum absolute atomic E-state index is 0.167. The van der Waals surface area contributed by atoms with Crippen LogP contribution in [-0.2, 0) is 7.05 Å². The number of thiophene rings is 1. The number of hydrogen-bond acceptors (Lipinski definition) is 5. The number of amides is 2. The molecular formula is C18H25N5O2S. The number of ether oxygens (including phenoxy) is 1. The molecule has 3 aliphatic rings. The molecule has 2 N–H and O–H groups in total. The predicted octanol–water partition coefficient (Wildman–Crippen LogP) is 2.62. The van der Waals surface area contributed by atoms with Crippen LogP contribution in [0.5, 0.6) is 5.75 Å². The molecule has 3 fully saturated rings. The SMILES string of the molecule is COc1csc(-c2cc(NC(=O)NCC3CN4CCC3CC4)n(C)n2)c1. The van der Waals surface area contributed by atoms with E-state index >= 15 is 0 Å². The molecule has 5 rings (SSSR count). The van der Waals surface area contributed by atoms with Crippen molar-refractivity contribution in [2.45, 2.75) is 12.8 Å². The van der Waals surface area contributed by atoms with Gasteiger partial charge in [0.1, 0.15) is 17.3 Å². The Morgan fingerprint density at radius 3 is 2.85 bits per heavy atom. The minimum Gasteiger partial charge on any atom is -0.496 e. The average molecular weight is 375 g/mol. The van der Waals surface area contributed by atoms with Crippen LogP contribution in [0.2, 0.25) is 0 Å². The van der Waals surface area contributed by atoms with E-state index in [4.69, 9.17) is 4.74 Å². The minimum atomic E-state index is -0.167. The number of hydrogen-bond donors (Lipinski definition) is 2. The van der Waals surface area contributed by atoms with Gasteiger partial charge in [-0.05, 0) is 37.8 Å². The highest BCUT2D eigenvalue weighted by atomic mass is 32.1. The van der Waals surface area contributed by atoms with Crippen LogP contribution in [0.4, 0.5) is 10.6 Å². The van der Waals surface area contributed by atoms with Crippen LogP contribution in [0.25, 0.3) is 10.6 Å². The fraction of sp³-hybridized carbons (Fsp3) is 0.556. The zero-order valence-electron chi connectivity index (χ0n) is 15.2. The Hall–Kier alpha value is -2.06. The van der Waals surface area contributed by atoms with Gasteiger partial charge in [0.05, 0.1) is 12.0 Å². The number of fused-ring (bicyclic) bond motifs is 3. The quantitative estimate of drug-likeness (QED) is 0.843. The molecule has 0 aliphatic carbocycles. The Morgan fingerprint density at radius 2 is 2.19 bits per heavy atom. The lowest BCUT2D eigenvalue weighted by molar-refractivity contribution is 0.0525. The lowest BCUT2D eigenvalue weighted by Crippen LogP contribution is -2.51. The predicted molar refractivity (Wildman–Crippen MR) is 103 cm³/mol. The molecule has 0 saturated carbocycles. The van der Waals surface area contributed by atoms with E-state index in [-0.39, 0.29) is 6.03 Å². The van der Waals surface area contributed by atoms with Gasteiger partial charge in [0.2, 0.25) is 0 Å². The van der Waals surface area contributed by atoms with E-state index in [2.05, 4.69) is 20.6 Å². The third-order valence-electron chi connectivity index (χ3n) is 5.50. The lowest BCUT2D eigenvalue weighted by Gasteiger charge is -2.44. The Bertz CT molecular complexity index is 778. The first-order valence-corrected chi connectivity index (χ1v) is 9.94. The average Bonchev–Trinajstić information content (AvgIpc) is 3.28. The van der Waals surface area contributed by atoms with Crippen molar-refractivity contribution in [3.8, 4) is 16.3 Å². The second-order valence-corrected chi connectivity index (χ2v) is 8.03. The summed E-state index contributed by atoms with van der Waals surface area (Å²) < 4.78 is 6.91. The summed E-state index contributed by atoms with van der Waals surface area (Å²) >= 11 is 1.57. The molecule has 1 atom stereocenters. The highest BCUT2D eigenvalue weighted by molar-refractivity contribution is 7.13. The summed E-state index contributed by atoms with van der Waals surface area (Å²) in [6.07, 6.45) is 2.53. The number of nitrogens with one attached hydrogen (secondary N) is 2. The van der Waals surface area contributed by atoms with E-state index in [1.165, 1.54) is 25.9 Å². The van der Waals surface area contributed by atoms with Crippen molar-refractivity contribution in [1.82, 2.24) is 20.0 Å². The molecule has 2 bridgehead atoms. The van der Waals surface area contributed by atoms with Crippen molar-refractivity contribution in [2.24, 2.45) is 18.9 Å². The summed E-state index contributed by atoms with van der Waals surface area (Å²) in [5.41, 5.74) is 0.827. The fourth-order valence-corrected chi connectivity index (χ4v) is 4.78. The summed E-state index contributed by atoms with van der Waals surface area (Å²) in [7, 11) is 3.48. The van der Waals surface area contributed by atoms with Gasteiger partial charge in [0.25, 0.3) is 0 Å². The molecule has 7 nitrogen and oxygen atoms in total. The molecule has 0 spiro atoms. The summed E-state index contributed by atoms with van der Waals surface area (Å²) in [4.78, 5) is 15.8. The van der Waals surface area contributed by atoms with E-state index in [9.17, 15) is 4.79 Å². The lowest BCUT2D eigenvalue weighted by atomic mass is 9.79. The van der Waals surface area contributed by atoms with Crippen molar-refractivity contribution in [3.05, 3.63) is 17.5 Å². The summed E-state index contributed by atoms with van der Waals surface area (Å²) in [5.74, 6) is 2.83. The van der Waals surface area contributed by atoms with Crippen molar-refractivity contribution in [2.75, 3.05) is 38.6 Å². The first-order valence-electron chi connectivity index (χ1n) is 9.06. The van der Waals surface area contributed by atoms with Crippen molar-refractivity contribution < 1.29 is 9.53 Å². The summed E-state index contributed by atoms with van der Waals surface area (Å²) in [5, 5.41) is 12.4. The molecule has 8 heteroatoms. The number of aromatic nitrogens is 2. The molecule has 0 radical (unpaired) electrons. The second-order valence-electron chi connectivity index (χ2n) is 7.12. The smallest absolute Gasteiger partial charge is 0.320 e. The monoisotopic (exact) mass is 375 g/mol. The third kappa shape index (κ3) is 3.57. The maximum absolute atomic E-state index is 12.3. The van der Waals surface area contributed by atoms with Crippen molar-refractivity contribution in [1.29, 1.82) is 0 Å². The van der Waals surface area contributed by atoms with Crippen LogP contribution in [0.1, 0.15) is 12.8 Å². The van der Waals surface area contributed by atoms with E-state index < -0.39 is 0 Å². The molecule has 0 aromatic carbocycles. The highest BCUT2D eigenvalue weighted by Crippen LogP contribution is 2.32. The molecule has 140 valence electrons. The van der Waals surface area contributed by atoms with E-state index in [1.807, 2.05) is 24.6 Å². The van der Waals surface area contributed by atoms with Crippen LogP contribution in [0, 0.1) is 11.8 Å². The molecular weight excluding hydrogens is 350 g/mol. The molecule has 5 heterocycles. The Labute approximate surface area is 157 Å². The fourth-order valence-electron chi connectivity index (χ4n) is 3.97. The Morgan fingerprint density at radius 1 is 1.38 bits per heavy atom. The maximum atomic E-state index is 12.3. The van der Waals surface area contributed by atoms with E-state index in [0.717, 1.165) is 35.3 Å². The number of rotatable bonds is 5. The van der Waals surface area contributed by atoms with Crippen LogP contribution in [-0.4, -0.2) is 54.0 Å². The molecule has 2 aromatic heterocycles. The zero-order valence-corrected chi connectivity index (χ0v) is 16.0. The molecule has 3 saturated heterocycles. The number of methoxy groups -OCH3 is 1. The maximum Gasteiger partial charge on any atom is 0.320 e.